The Hall–Kier alpha value is -2.85. The van der Waals surface area contributed by atoms with E-state index in [-0.39, 0.29) is 17.2 Å². The molecule has 0 radical (unpaired) electrons. The summed E-state index contributed by atoms with van der Waals surface area (Å²) >= 11 is 0. The van der Waals surface area contributed by atoms with Crippen molar-refractivity contribution in [3.8, 4) is 11.4 Å². The number of nitrogens with one attached hydrogen (secondary N) is 2. The minimum absolute atomic E-state index is 0.122. The molecule has 0 amide bonds. The van der Waals surface area contributed by atoms with E-state index in [2.05, 4.69) is 20.6 Å². The Morgan fingerprint density at radius 1 is 1.18 bits per heavy atom. The number of aryl methyl sites for hydroxylation is 2. The average molecular weight is 393 g/mol. The van der Waals surface area contributed by atoms with Crippen LogP contribution in [0.15, 0.2) is 35.3 Å². The van der Waals surface area contributed by atoms with Crippen LogP contribution in [-0.4, -0.2) is 33.6 Å². The molecule has 0 aliphatic carbocycles. The molecule has 7 nitrogen and oxygen atoms in total. The summed E-state index contributed by atoms with van der Waals surface area (Å²) in [5, 5.41) is 0. The SMILES string of the molecule is Cc1nc2c(=O)n(-c3ccc(OC(F)(F)F)cc3)cc(C3CNNC3)c2n1C. The molecule has 0 spiro atoms. The number of alkyl halides is 3. The summed E-state index contributed by atoms with van der Waals surface area (Å²) in [5.41, 5.74) is 8.30. The van der Waals surface area contributed by atoms with Crippen molar-refractivity contribution in [3.05, 3.63) is 52.2 Å². The summed E-state index contributed by atoms with van der Waals surface area (Å²) in [6.07, 6.45) is -3.02. The minimum atomic E-state index is -4.77. The van der Waals surface area contributed by atoms with Crippen LogP contribution in [0.5, 0.6) is 5.75 Å². The molecule has 3 heterocycles. The lowest BCUT2D eigenvalue weighted by molar-refractivity contribution is -0.274. The van der Waals surface area contributed by atoms with Crippen LogP contribution < -0.4 is 21.1 Å². The molecular formula is C18H18F3N5O2. The zero-order valence-electron chi connectivity index (χ0n) is 15.2. The third-order valence-electron chi connectivity index (χ3n) is 4.89. The molecule has 10 heteroatoms. The van der Waals surface area contributed by atoms with Gasteiger partial charge < -0.3 is 9.30 Å². The Kier molecular flexibility index (Phi) is 4.39. The maximum absolute atomic E-state index is 13.0. The van der Waals surface area contributed by atoms with Crippen LogP contribution in [0.25, 0.3) is 16.7 Å². The highest BCUT2D eigenvalue weighted by molar-refractivity contribution is 5.80. The highest BCUT2D eigenvalue weighted by Crippen LogP contribution is 2.27. The molecule has 1 aromatic carbocycles. The second kappa shape index (κ2) is 6.64. The highest BCUT2D eigenvalue weighted by atomic mass is 19.4. The van der Waals surface area contributed by atoms with Crippen molar-refractivity contribution in [2.24, 2.45) is 7.05 Å². The second-order valence-electron chi connectivity index (χ2n) is 6.68. The first-order valence-corrected chi connectivity index (χ1v) is 8.65. The second-order valence-corrected chi connectivity index (χ2v) is 6.68. The summed E-state index contributed by atoms with van der Waals surface area (Å²) in [4.78, 5) is 17.4. The third kappa shape index (κ3) is 3.25. The van der Waals surface area contributed by atoms with Gasteiger partial charge in [0.1, 0.15) is 11.6 Å². The minimum Gasteiger partial charge on any atom is -0.406 e. The number of fused-ring (bicyclic) bond motifs is 1. The van der Waals surface area contributed by atoms with Gasteiger partial charge in [0.15, 0.2) is 5.52 Å². The van der Waals surface area contributed by atoms with Gasteiger partial charge in [0.25, 0.3) is 5.56 Å². The highest BCUT2D eigenvalue weighted by Gasteiger charge is 2.31. The Labute approximate surface area is 157 Å². The van der Waals surface area contributed by atoms with Crippen molar-refractivity contribution >= 4 is 11.0 Å². The number of benzene rings is 1. The van der Waals surface area contributed by atoms with E-state index >= 15 is 0 Å². The van der Waals surface area contributed by atoms with Crippen LogP contribution in [0, 0.1) is 6.92 Å². The third-order valence-corrected chi connectivity index (χ3v) is 4.89. The van der Waals surface area contributed by atoms with E-state index in [0.717, 1.165) is 11.1 Å². The van der Waals surface area contributed by atoms with Gasteiger partial charge in [-0.1, -0.05) is 0 Å². The monoisotopic (exact) mass is 393 g/mol. The Morgan fingerprint density at radius 3 is 2.43 bits per heavy atom. The van der Waals surface area contributed by atoms with Gasteiger partial charge >= 0.3 is 6.36 Å². The van der Waals surface area contributed by atoms with E-state index < -0.39 is 6.36 Å². The maximum Gasteiger partial charge on any atom is 0.573 e. The van der Waals surface area contributed by atoms with E-state index in [4.69, 9.17) is 0 Å². The molecule has 1 saturated heterocycles. The molecule has 0 atom stereocenters. The summed E-state index contributed by atoms with van der Waals surface area (Å²) < 4.78 is 44.3. The first kappa shape index (κ1) is 18.5. The molecule has 2 aromatic heterocycles. The van der Waals surface area contributed by atoms with Crippen molar-refractivity contribution in [2.75, 3.05) is 13.1 Å². The maximum atomic E-state index is 13.0. The van der Waals surface area contributed by atoms with Crippen LogP contribution in [0.4, 0.5) is 13.2 Å². The van der Waals surface area contributed by atoms with Gasteiger partial charge in [-0.25, -0.2) is 4.98 Å². The lowest BCUT2D eigenvalue weighted by Crippen LogP contribution is -2.22. The lowest BCUT2D eigenvalue weighted by Gasteiger charge is -2.15. The number of rotatable bonds is 3. The number of pyridine rings is 1. The van der Waals surface area contributed by atoms with Crippen LogP contribution in [0.1, 0.15) is 17.3 Å². The van der Waals surface area contributed by atoms with Crippen molar-refractivity contribution in [1.29, 1.82) is 0 Å². The van der Waals surface area contributed by atoms with Crippen molar-refractivity contribution in [1.82, 2.24) is 25.0 Å². The molecular weight excluding hydrogens is 375 g/mol. The van der Waals surface area contributed by atoms with Gasteiger partial charge in [0.2, 0.25) is 0 Å². The van der Waals surface area contributed by atoms with E-state index in [1.54, 1.807) is 6.20 Å². The predicted octanol–water partition coefficient (Wildman–Crippen LogP) is 2.12. The summed E-state index contributed by atoms with van der Waals surface area (Å²) in [5.74, 6) is 0.486. The van der Waals surface area contributed by atoms with Gasteiger partial charge in [0, 0.05) is 43.5 Å². The largest absolute Gasteiger partial charge is 0.573 e. The number of halogens is 3. The Bertz CT molecular complexity index is 1080. The zero-order valence-corrected chi connectivity index (χ0v) is 15.2. The normalized spacial score (nSPS) is 15.5. The van der Waals surface area contributed by atoms with Gasteiger partial charge in [-0.15, -0.1) is 13.2 Å². The van der Waals surface area contributed by atoms with Crippen LogP contribution in [0.3, 0.4) is 0 Å². The molecule has 1 aliphatic rings. The fourth-order valence-electron chi connectivity index (χ4n) is 3.44. The molecule has 148 valence electrons. The van der Waals surface area contributed by atoms with Gasteiger partial charge in [0.05, 0.1) is 5.52 Å². The summed E-state index contributed by atoms with van der Waals surface area (Å²) in [6.45, 7) is 3.20. The lowest BCUT2D eigenvalue weighted by atomic mass is 10.0. The number of hydrogen-bond acceptors (Lipinski definition) is 5. The molecule has 0 unspecified atom stereocenters. The standard InChI is InChI=1S/C18H18F3N5O2/c1-10-24-15-16(25(10)2)14(11-7-22-23-8-11)9-26(17(15)27)12-3-5-13(6-4-12)28-18(19,20)21/h3-6,9,11,22-23H,7-8H2,1-2H3. The Morgan fingerprint density at radius 2 is 1.82 bits per heavy atom. The number of nitrogens with zero attached hydrogens (tertiary/aromatic N) is 3. The fourth-order valence-corrected chi connectivity index (χ4v) is 3.44. The fraction of sp³-hybridized carbons (Fsp3) is 0.333. The van der Waals surface area contributed by atoms with Gasteiger partial charge in [-0.2, -0.15) is 0 Å². The number of aromatic nitrogens is 3. The topological polar surface area (TPSA) is 73.1 Å². The average Bonchev–Trinajstić information content (AvgIpc) is 3.25. The van der Waals surface area contributed by atoms with Crippen molar-refractivity contribution in [3.63, 3.8) is 0 Å². The zero-order chi connectivity index (χ0) is 20.1. The van der Waals surface area contributed by atoms with E-state index in [1.165, 1.54) is 28.8 Å². The molecule has 0 bridgehead atoms. The molecule has 4 rings (SSSR count). The van der Waals surface area contributed by atoms with Crippen LogP contribution in [-0.2, 0) is 7.05 Å². The molecule has 1 fully saturated rings. The first-order valence-electron chi connectivity index (χ1n) is 8.65. The number of hydrogen-bond donors (Lipinski definition) is 2. The van der Waals surface area contributed by atoms with E-state index in [0.29, 0.717) is 30.1 Å². The van der Waals surface area contributed by atoms with Gasteiger partial charge in [-0.3, -0.25) is 20.2 Å². The first-order chi connectivity index (χ1) is 13.2. The summed E-state index contributed by atoms with van der Waals surface area (Å²) in [6, 6.07) is 5.20. The van der Waals surface area contributed by atoms with E-state index in [9.17, 15) is 18.0 Å². The van der Waals surface area contributed by atoms with Crippen molar-refractivity contribution < 1.29 is 17.9 Å². The van der Waals surface area contributed by atoms with Crippen LogP contribution in [0.2, 0.25) is 0 Å². The number of imidazole rings is 1. The molecule has 28 heavy (non-hydrogen) atoms. The summed E-state index contributed by atoms with van der Waals surface area (Å²) in [7, 11) is 1.86. The smallest absolute Gasteiger partial charge is 0.406 e. The van der Waals surface area contributed by atoms with Gasteiger partial charge in [-0.05, 0) is 31.2 Å². The number of ether oxygens (including phenoxy) is 1. The molecule has 3 aromatic rings. The quantitative estimate of drug-likeness (QED) is 0.713. The van der Waals surface area contributed by atoms with Crippen molar-refractivity contribution in [2.45, 2.75) is 19.2 Å². The Balaban J connectivity index is 1.85. The number of hydrazine groups is 1. The molecule has 0 saturated carbocycles. The van der Waals surface area contributed by atoms with Crippen LogP contribution >= 0.6 is 0 Å². The van der Waals surface area contributed by atoms with E-state index in [1.807, 2.05) is 18.5 Å². The molecule has 1 aliphatic heterocycles. The molecule has 2 N–H and O–H groups in total. The predicted molar refractivity (Wildman–Crippen MR) is 96.5 cm³/mol.